The van der Waals surface area contributed by atoms with Crippen molar-refractivity contribution in [3.05, 3.63) is 35.9 Å². The Hall–Kier alpha value is -0.860. The van der Waals surface area contributed by atoms with Crippen LogP contribution in [0.25, 0.3) is 0 Å². The first-order valence-corrected chi connectivity index (χ1v) is 8.45. The second-order valence-electron chi connectivity index (χ2n) is 8.26. The van der Waals surface area contributed by atoms with E-state index in [1.54, 1.807) is 0 Å². The van der Waals surface area contributed by atoms with Gasteiger partial charge >= 0.3 is 0 Å². The smallest absolute Gasteiger partial charge is 0.0476 e. The molecule has 1 aromatic carbocycles. The van der Waals surface area contributed by atoms with Gasteiger partial charge in [-0.25, -0.2) is 0 Å². The molecule has 2 fully saturated rings. The van der Waals surface area contributed by atoms with E-state index in [2.05, 4.69) is 68.2 Å². The highest BCUT2D eigenvalue weighted by atomic mass is 15.3. The minimum atomic E-state index is 0.212. The van der Waals surface area contributed by atoms with E-state index in [4.69, 9.17) is 0 Å². The van der Waals surface area contributed by atoms with E-state index in [1.165, 1.54) is 24.8 Å². The van der Waals surface area contributed by atoms with Gasteiger partial charge in [0.05, 0.1) is 0 Å². The average molecular weight is 286 g/mol. The molecule has 2 nitrogen and oxygen atoms in total. The summed E-state index contributed by atoms with van der Waals surface area (Å²) < 4.78 is 0. The number of nitrogens with one attached hydrogen (secondary N) is 1. The van der Waals surface area contributed by atoms with Gasteiger partial charge < -0.3 is 5.32 Å². The quantitative estimate of drug-likeness (QED) is 0.884. The number of hydrogen-bond acceptors (Lipinski definition) is 2. The molecule has 3 rings (SSSR count). The second-order valence-corrected chi connectivity index (χ2v) is 8.26. The lowest BCUT2D eigenvalue weighted by molar-refractivity contribution is 0.0145. The molecule has 1 N–H and O–H groups in total. The van der Waals surface area contributed by atoms with Crippen molar-refractivity contribution in [2.24, 2.45) is 5.41 Å². The lowest BCUT2D eigenvalue weighted by Crippen LogP contribution is -2.61. The van der Waals surface area contributed by atoms with E-state index in [-0.39, 0.29) is 5.54 Å². The summed E-state index contributed by atoms with van der Waals surface area (Å²) in [6.07, 6.45) is 4.10. The molecule has 1 saturated carbocycles. The third-order valence-electron chi connectivity index (χ3n) is 5.54. The lowest BCUT2D eigenvalue weighted by atomic mass is 9.83. The van der Waals surface area contributed by atoms with E-state index < -0.39 is 0 Å². The predicted molar refractivity (Wildman–Crippen MR) is 89.4 cm³/mol. The minimum Gasteiger partial charge on any atom is -0.309 e. The molecule has 0 spiro atoms. The maximum absolute atomic E-state index is 3.75. The summed E-state index contributed by atoms with van der Waals surface area (Å²) in [7, 11) is 0. The van der Waals surface area contributed by atoms with Crippen LogP contribution in [0.3, 0.4) is 0 Å². The molecule has 0 radical (unpaired) electrons. The van der Waals surface area contributed by atoms with Crippen molar-refractivity contribution in [1.82, 2.24) is 10.2 Å². The molecule has 1 aromatic rings. The molecule has 2 heteroatoms. The highest BCUT2D eigenvalue weighted by Crippen LogP contribution is 2.44. The van der Waals surface area contributed by atoms with Crippen molar-refractivity contribution in [3.8, 4) is 0 Å². The lowest BCUT2D eigenvalue weighted by Gasteiger charge is -2.50. The minimum absolute atomic E-state index is 0.212. The monoisotopic (exact) mass is 286 g/mol. The summed E-state index contributed by atoms with van der Waals surface area (Å²) in [6, 6.07) is 12.3. The van der Waals surface area contributed by atoms with Gasteiger partial charge in [-0.2, -0.15) is 0 Å². The first-order valence-electron chi connectivity index (χ1n) is 8.45. The number of nitrogens with zero attached hydrogens (tertiary/aromatic N) is 1. The van der Waals surface area contributed by atoms with Crippen LogP contribution in [0.2, 0.25) is 0 Å². The number of benzene rings is 1. The molecule has 1 heterocycles. The van der Waals surface area contributed by atoms with Crippen LogP contribution in [0.5, 0.6) is 0 Å². The molecule has 21 heavy (non-hydrogen) atoms. The van der Waals surface area contributed by atoms with Gasteiger partial charge in [-0.15, -0.1) is 0 Å². The Labute approximate surface area is 129 Å². The fraction of sp³-hybridized carbons (Fsp3) is 0.684. The Balaban J connectivity index is 1.91. The Morgan fingerprint density at radius 1 is 1.10 bits per heavy atom. The maximum atomic E-state index is 3.75. The third-order valence-corrected chi connectivity index (χ3v) is 5.54. The summed E-state index contributed by atoms with van der Waals surface area (Å²) in [5.41, 5.74) is 2.12. The van der Waals surface area contributed by atoms with Crippen molar-refractivity contribution in [3.63, 3.8) is 0 Å². The molecule has 0 aromatic heterocycles. The number of piperazine rings is 1. The van der Waals surface area contributed by atoms with Gasteiger partial charge in [-0.1, -0.05) is 50.6 Å². The molecule has 2 aliphatic rings. The van der Waals surface area contributed by atoms with Crippen LogP contribution < -0.4 is 5.32 Å². The zero-order valence-corrected chi connectivity index (χ0v) is 14.0. The zero-order chi connectivity index (χ0) is 15.1. The molecule has 116 valence electrons. The van der Waals surface area contributed by atoms with E-state index in [0.29, 0.717) is 17.5 Å². The SMILES string of the molecule is CC1(C)CN(C2CCCC2(C)C)C(c2ccccc2)CN1. The van der Waals surface area contributed by atoms with Crippen LogP contribution in [0, 0.1) is 5.41 Å². The maximum Gasteiger partial charge on any atom is 0.0476 e. The van der Waals surface area contributed by atoms with Gasteiger partial charge in [0, 0.05) is 30.7 Å². The molecule has 2 atom stereocenters. The Kier molecular flexibility index (Phi) is 3.87. The molecule has 2 unspecified atom stereocenters. The normalized spacial score (nSPS) is 32.2. The second kappa shape index (κ2) is 5.40. The van der Waals surface area contributed by atoms with Crippen LogP contribution in [0.4, 0.5) is 0 Å². The fourth-order valence-electron chi connectivity index (χ4n) is 4.35. The molecular weight excluding hydrogens is 256 g/mol. The summed E-state index contributed by atoms with van der Waals surface area (Å²) >= 11 is 0. The summed E-state index contributed by atoms with van der Waals surface area (Å²) in [5, 5.41) is 3.75. The number of rotatable bonds is 2. The Bertz CT molecular complexity index is 478. The molecular formula is C19H30N2. The highest BCUT2D eigenvalue weighted by Gasteiger charge is 2.44. The van der Waals surface area contributed by atoms with Crippen molar-refractivity contribution in [1.29, 1.82) is 0 Å². The van der Waals surface area contributed by atoms with Gasteiger partial charge in [0.25, 0.3) is 0 Å². The first-order chi connectivity index (χ1) is 9.89. The van der Waals surface area contributed by atoms with Crippen LogP contribution in [-0.2, 0) is 0 Å². The van der Waals surface area contributed by atoms with E-state index >= 15 is 0 Å². The molecule has 1 aliphatic carbocycles. The average Bonchev–Trinajstić information content (AvgIpc) is 2.78. The third kappa shape index (κ3) is 3.02. The standard InChI is InChI=1S/C19H30N2/c1-18(2)12-8-11-17(18)21-14-19(3,4)20-13-16(21)15-9-6-5-7-10-15/h5-7,9-10,16-17,20H,8,11-14H2,1-4H3. The van der Waals surface area contributed by atoms with Gasteiger partial charge in [0.2, 0.25) is 0 Å². The Morgan fingerprint density at radius 3 is 2.43 bits per heavy atom. The molecule has 0 amide bonds. The van der Waals surface area contributed by atoms with Crippen LogP contribution >= 0.6 is 0 Å². The number of hydrogen-bond donors (Lipinski definition) is 1. The van der Waals surface area contributed by atoms with E-state index in [9.17, 15) is 0 Å². The zero-order valence-electron chi connectivity index (χ0n) is 14.0. The van der Waals surface area contributed by atoms with Crippen LogP contribution in [0.15, 0.2) is 30.3 Å². The van der Waals surface area contributed by atoms with Crippen molar-refractivity contribution in [2.75, 3.05) is 13.1 Å². The highest BCUT2D eigenvalue weighted by molar-refractivity contribution is 5.21. The summed E-state index contributed by atoms with van der Waals surface area (Å²) in [6.45, 7) is 11.8. The van der Waals surface area contributed by atoms with Crippen molar-refractivity contribution in [2.45, 2.75) is 64.6 Å². The Morgan fingerprint density at radius 2 is 1.81 bits per heavy atom. The molecule has 1 saturated heterocycles. The van der Waals surface area contributed by atoms with E-state index in [1.807, 2.05) is 0 Å². The molecule has 0 bridgehead atoms. The topological polar surface area (TPSA) is 15.3 Å². The van der Waals surface area contributed by atoms with Gasteiger partial charge in [-0.05, 0) is 37.7 Å². The largest absolute Gasteiger partial charge is 0.309 e. The van der Waals surface area contributed by atoms with Crippen LogP contribution in [-0.4, -0.2) is 29.6 Å². The van der Waals surface area contributed by atoms with Gasteiger partial charge in [0.1, 0.15) is 0 Å². The fourth-order valence-corrected chi connectivity index (χ4v) is 4.35. The summed E-state index contributed by atoms with van der Waals surface area (Å²) in [5.74, 6) is 0. The summed E-state index contributed by atoms with van der Waals surface area (Å²) in [4.78, 5) is 2.80. The van der Waals surface area contributed by atoms with Crippen molar-refractivity contribution < 1.29 is 0 Å². The predicted octanol–water partition coefficient (Wildman–Crippen LogP) is 3.99. The van der Waals surface area contributed by atoms with Gasteiger partial charge in [-0.3, -0.25) is 4.90 Å². The van der Waals surface area contributed by atoms with Crippen LogP contribution in [0.1, 0.15) is 58.6 Å². The molecule has 1 aliphatic heterocycles. The van der Waals surface area contributed by atoms with E-state index in [0.717, 1.165) is 13.1 Å². The first kappa shape index (κ1) is 15.1. The van der Waals surface area contributed by atoms with Crippen molar-refractivity contribution >= 4 is 0 Å². The van der Waals surface area contributed by atoms with Gasteiger partial charge in [0.15, 0.2) is 0 Å².